The summed E-state index contributed by atoms with van der Waals surface area (Å²) in [5.41, 5.74) is 6.40. The fourth-order valence-corrected chi connectivity index (χ4v) is 1.80. The van der Waals surface area contributed by atoms with E-state index >= 15 is 0 Å². The quantitative estimate of drug-likeness (QED) is 0.825. The van der Waals surface area contributed by atoms with Crippen LogP contribution in [0.5, 0.6) is 5.75 Å². The maximum Gasteiger partial charge on any atom is 0.268 e. The van der Waals surface area contributed by atoms with Crippen LogP contribution in [0.3, 0.4) is 0 Å². The largest absolute Gasteiger partial charge is 0.496 e. The second-order valence-electron chi connectivity index (χ2n) is 4.14. The van der Waals surface area contributed by atoms with Gasteiger partial charge in [-0.2, -0.15) is 0 Å². The predicted molar refractivity (Wildman–Crippen MR) is 75.7 cm³/mol. The van der Waals surface area contributed by atoms with Gasteiger partial charge in [-0.25, -0.2) is 4.98 Å². The number of carbonyl (C=O) groups is 1. The molecule has 1 aromatic carbocycles. The topological polar surface area (TPSA) is 90.1 Å². The van der Waals surface area contributed by atoms with Crippen molar-refractivity contribution in [1.29, 1.82) is 0 Å². The minimum Gasteiger partial charge on any atom is -0.496 e. The van der Waals surface area contributed by atoms with E-state index in [4.69, 9.17) is 10.5 Å². The number of hydrogen-bond acceptors (Lipinski definition) is 5. The number of methoxy groups -OCH3 is 1. The molecule has 0 saturated carbocycles. The molecular formula is C14H16N4O2. The summed E-state index contributed by atoms with van der Waals surface area (Å²) in [7, 11) is 1.65. The Morgan fingerprint density at radius 1 is 1.35 bits per heavy atom. The third kappa shape index (κ3) is 3.44. The zero-order valence-electron chi connectivity index (χ0n) is 11.2. The second-order valence-corrected chi connectivity index (χ2v) is 4.14. The molecule has 0 unspecified atom stereocenters. The predicted octanol–water partition coefficient (Wildman–Crippen LogP) is 1.24. The Balaban J connectivity index is 1.96. The molecule has 6 nitrogen and oxygen atoms in total. The number of nitrogens with two attached hydrogens (primary N) is 1. The average molecular weight is 272 g/mol. The molecule has 0 atom stereocenters. The minimum atomic E-state index is -0.592. The van der Waals surface area contributed by atoms with Crippen molar-refractivity contribution in [2.24, 2.45) is 5.73 Å². The van der Waals surface area contributed by atoms with Crippen LogP contribution in [0.4, 0.5) is 5.82 Å². The number of benzene rings is 1. The molecular weight excluding hydrogens is 256 g/mol. The highest BCUT2D eigenvalue weighted by atomic mass is 16.5. The molecule has 1 amide bonds. The zero-order chi connectivity index (χ0) is 14.4. The maximum absolute atomic E-state index is 11.0. The lowest BCUT2D eigenvalue weighted by molar-refractivity contribution is 0.0995. The van der Waals surface area contributed by atoms with Crippen LogP contribution in [0.15, 0.2) is 36.7 Å². The standard InChI is InChI=1S/C14H16N4O2/c1-20-12-5-3-2-4-10(12)6-7-17-13-9-16-8-11(18-13)14(15)19/h2-5,8-9H,6-7H2,1H3,(H2,15,19)(H,17,18). The van der Waals surface area contributed by atoms with Gasteiger partial charge >= 0.3 is 0 Å². The minimum absolute atomic E-state index is 0.146. The normalized spacial score (nSPS) is 10.1. The van der Waals surface area contributed by atoms with Crippen LogP contribution in [0.25, 0.3) is 0 Å². The third-order valence-electron chi connectivity index (χ3n) is 2.78. The Morgan fingerprint density at radius 3 is 2.90 bits per heavy atom. The van der Waals surface area contributed by atoms with Gasteiger partial charge in [0.15, 0.2) is 0 Å². The fourth-order valence-electron chi connectivity index (χ4n) is 1.80. The van der Waals surface area contributed by atoms with Crippen molar-refractivity contribution in [3.05, 3.63) is 47.9 Å². The van der Waals surface area contributed by atoms with E-state index in [-0.39, 0.29) is 5.69 Å². The lowest BCUT2D eigenvalue weighted by Gasteiger charge is -2.09. The molecule has 0 aliphatic carbocycles. The molecule has 2 rings (SSSR count). The van der Waals surface area contributed by atoms with E-state index in [1.165, 1.54) is 6.20 Å². The van der Waals surface area contributed by atoms with Gasteiger partial charge in [-0.15, -0.1) is 0 Å². The highest BCUT2D eigenvalue weighted by Crippen LogP contribution is 2.17. The molecule has 2 aromatic rings. The summed E-state index contributed by atoms with van der Waals surface area (Å²) < 4.78 is 5.28. The fraction of sp³-hybridized carbons (Fsp3) is 0.214. The van der Waals surface area contributed by atoms with Crippen molar-refractivity contribution in [3.8, 4) is 5.75 Å². The smallest absolute Gasteiger partial charge is 0.268 e. The first-order valence-electron chi connectivity index (χ1n) is 6.18. The van der Waals surface area contributed by atoms with Crippen molar-refractivity contribution < 1.29 is 9.53 Å². The van der Waals surface area contributed by atoms with Crippen LogP contribution in [0, 0.1) is 0 Å². The molecule has 0 fully saturated rings. The Kier molecular flexibility index (Phi) is 4.49. The number of nitrogens with one attached hydrogen (secondary N) is 1. The first-order valence-corrected chi connectivity index (χ1v) is 6.18. The van der Waals surface area contributed by atoms with E-state index in [2.05, 4.69) is 15.3 Å². The molecule has 6 heteroatoms. The van der Waals surface area contributed by atoms with E-state index in [0.29, 0.717) is 12.4 Å². The number of aromatic nitrogens is 2. The zero-order valence-corrected chi connectivity index (χ0v) is 11.2. The summed E-state index contributed by atoms with van der Waals surface area (Å²) in [5.74, 6) is 0.786. The van der Waals surface area contributed by atoms with Crippen LogP contribution in [-0.2, 0) is 6.42 Å². The van der Waals surface area contributed by atoms with Gasteiger partial charge in [0.05, 0.1) is 19.5 Å². The van der Waals surface area contributed by atoms with Crippen molar-refractivity contribution in [1.82, 2.24) is 9.97 Å². The number of primary amides is 1. The number of amides is 1. The monoisotopic (exact) mass is 272 g/mol. The molecule has 0 bridgehead atoms. The van der Waals surface area contributed by atoms with Gasteiger partial charge in [0.25, 0.3) is 5.91 Å². The number of rotatable bonds is 6. The number of ether oxygens (including phenoxy) is 1. The highest BCUT2D eigenvalue weighted by molar-refractivity contribution is 5.90. The van der Waals surface area contributed by atoms with Gasteiger partial charge in [-0.1, -0.05) is 18.2 Å². The molecule has 0 saturated heterocycles. The SMILES string of the molecule is COc1ccccc1CCNc1cncc(C(N)=O)n1. The van der Waals surface area contributed by atoms with Crippen LogP contribution in [0.2, 0.25) is 0 Å². The first-order chi connectivity index (χ1) is 9.70. The summed E-state index contributed by atoms with van der Waals surface area (Å²) in [4.78, 5) is 19.0. The highest BCUT2D eigenvalue weighted by Gasteiger charge is 2.05. The second kappa shape index (κ2) is 6.51. The van der Waals surface area contributed by atoms with E-state index in [9.17, 15) is 4.79 Å². The van der Waals surface area contributed by atoms with Gasteiger partial charge in [-0.05, 0) is 18.1 Å². The van der Waals surface area contributed by atoms with Crippen LogP contribution < -0.4 is 15.8 Å². The van der Waals surface area contributed by atoms with Crippen molar-refractivity contribution in [2.75, 3.05) is 19.0 Å². The number of hydrogen-bond donors (Lipinski definition) is 2. The number of carbonyl (C=O) groups excluding carboxylic acids is 1. The van der Waals surface area contributed by atoms with Crippen molar-refractivity contribution in [3.63, 3.8) is 0 Å². The summed E-state index contributed by atoms with van der Waals surface area (Å²) in [6.45, 7) is 0.650. The lowest BCUT2D eigenvalue weighted by atomic mass is 10.1. The van der Waals surface area contributed by atoms with Crippen molar-refractivity contribution >= 4 is 11.7 Å². The molecule has 0 aliphatic heterocycles. The summed E-state index contributed by atoms with van der Waals surface area (Å²) >= 11 is 0. The summed E-state index contributed by atoms with van der Waals surface area (Å²) in [6, 6.07) is 7.82. The number of para-hydroxylation sites is 1. The molecule has 0 radical (unpaired) electrons. The number of nitrogens with zero attached hydrogens (tertiary/aromatic N) is 2. The molecule has 1 heterocycles. The van der Waals surface area contributed by atoms with Gasteiger partial charge in [0, 0.05) is 6.54 Å². The van der Waals surface area contributed by atoms with Gasteiger partial charge < -0.3 is 15.8 Å². The van der Waals surface area contributed by atoms with Gasteiger partial charge in [0.1, 0.15) is 17.3 Å². The first kappa shape index (κ1) is 13.8. The molecule has 0 aliphatic rings. The maximum atomic E-state index is 11.0. The van der Waals surface area contributed by atoms with E-state index < -0.39 is 5.91 Å². The Labute approximate surface area is 117 Å². The van der Waals surface area contributed by atoms with E-state index in [1.807, 2.05) is 24.3 Å². The van der Waals surface area contributed by atoms with Crippen molar-refractivity contribution in [2.45, 2.75) is 6.42 Å². The Hall–Kier alpha value is -2.63. The average Bonchev–Trinajstić information content (AvgIpc) is 2.48. The molecule has 0 spiro atoms. The Bertz CT molecular complexity index is 601. The molecule has 3 N–H and O–H groups in total. The Morgan fingerprint density at radius 2 is 2.15 bits per heavy atom. The summed E-state index contributed by atoms with van der Waals surface area (Å²) in [5, 5.41) is 3.10. The third-order valence-corrected chi connectivity index (χ3v) is 2.78. The summed E-state index contributed by atoms with van der Waals surface area (Å²) in [6.07, 6.45) is 3.66. The van der Waals surface area contributed by atoms with Gasteiger partial charge in [-0.3, -0.25) is 9.78 Å². The van der Waals surface area contributed by atoms with Gasteiger partial charge in [0.2, 0.25) is 0 Å². The molecule has 104 valence electrons. The van der Waals surface area contributed by atoms with Crippen LogP contribution in [-0.4, -0.2) is 29.5 Å². The van der Waals surface area contributed by atoms with Crippen LogP contribution >= 0.6 is 0 Å². The molecule has 1 aromatic heterocycles. The van der Waals surface area contributed by atoms with E-state index in [1.54, 1.807) is 13.3 Å². The molecule has 20 heavy (non-hydrogen) atoms. The van der Waals surface area contributed by atoms with Crippen LogP contribution in [0.1, 0.15) is 16.1 Å². The van der Waals surface area contributed by atoms with E-state index in [0.717, 1.165) is 17.7 Å². The number of anilines is 1. The lowest BCUT2D eigenvalue weighted by Crippen LogP contribution is -2.15.